The summed E-state index contributed by atoms with van der Waals surface area (Å²) in [4.78, 5) is 23.0. The number of methoxy groups -OCH3 is 1. The zero-order valence-corrected chi connectivity index (χ0v) is 20.5. The van der Waals surface area contributed by atoms with E-state index in [2.05, 4.69) is 15.1 Å². The van der Waals surface area contributed by atoms with Crippen LogP contribution in [0.25, 0.3) is 26.6 Å². The molecule has 0 radical (unpaired) electrons. The van der Waals surface area contributed by atoms with Crippen LogP contribution in [-0.2, 0) is 0 Å². The van der Waals surface area contributed by atoms with Crippen molar-refractivity contribution in [3.05, 3.63) is 92.7 Å². The van der Waals surface area contributed by atoms with Crippen molar-refractivity contribution in [3.63, 3.8) is 0 Å². The Balaban J connectivity index is 1.71. The maximum Gasteiger partial charge on any atom is 0.283 e. The highest BCUT2D eigenvalue weighted by atomic mass is 35.5. The summed E-state index contributed by atoms with van der Waals surface area (Å²) in [6, 6.07) is 20.3. The van der Waals surface area contributed by atoms with Crippen molar-refractivity contribution < 1.29 is 4.74 Å². The fourth-order valence-electron chi connectivity index (χ4n) is 3.64. The Labute approximate surface area is 209 Å². The Hall–Kier alpha value is -3.39. The van der Waals surface area contributed by atoms with E-state index in [1.807, 2.05) is 48.5 Å². The third-order valence-electron chi connectivity index (χ3n) is 5.30. The number of nitrogens with zero attached hydrogens (tertiary/aromatic N) is 3. The topological polar surface area (TPSA) is 72.3 Å². The van der Waals surface area contributed by atoms with Gasteiger partial charge in [0.05, 0.1) is 45.0 Å². The maximum absolute atomic E-state index is 13.7. The van der Waals surface area contributed by atoms with Gasteiger partial charge in [-0.05, 0) is 61.5 Å². The zero-order chi connectivity index (χ0) is 23.8. The number of aromatic nitrogens is 3. The third kappa shape index (κ3) is 4.14. The van der Waals surface area contributed by atoms with Gasteiger partial charge in [0.2, 0.25) is 5.13 Å². The van der Waals surface area contributed by atoms with Gasteiger partial charge < -0.3 is 4.74 Å². The summed E-state index contributed by atoms with van der Waals surface area (Å²) in [5.41, 5.74) is 3.47. The largest absolute Gasteiger partial charge is 0.497 e. The summed E-state index contributed by atoms with van der Waals surface area (Å²) in [6.45, 7) is 1.78. The summed E-state index contributed by atoms with van der Waals surface area (Å²) in [5, 5.41) is 4.71. The van der Waals surface area contributed by atoms with Gasteiger partial charge >= 0.3 is 0 Å². The molecule has 5 aromatic rings. The van der Waals surface area contributed by atoms with Gasteiger partial charge in [0, 0.05) is 10.6 Å². The van der Waals surface area contributed by atoms with Crippen LogP contribution < -0.4 is 10.3 Å². The molecule has 0 spiro atoms. The summed E-state index contributed by atoms with van der Waals surface area (Å²) in [7, 11) is 1.61. The first-order valence-electron chi connectivity index (χ1n) is 10.3. The van der Waals surface area contributed by atoms with Gasteiger partial charge in [-0.3, -0.25) is 14.9 Å². The second-order valence-corrected chi connectivity index (χ2v) is 9.34. The summed E-state index contributed by atoms with van der Waals surface area (Å²) < 4.78 is 7.73. The van der Waals surface area contributed by atoms with Crippen molar-refractivity contribution in [1.29, 1.82) is 0 Å². The van der Waals surface area contributed by atoms with Crippen molar-refractivity contribution >= 4 is 56.2 Å². The van der Waals surface area contributed by atoms with E-state index in [4.69, 9.17) is 27.9 Å². The maximum atomic E-state index is 13.7. The summed E-state index contributed by atoms with van der Waals surface area (Å²) >= 11 is 13.8. The fourth-order valence-corrected chi connectivity index (χ4v) is 5.01. The molecule has 5 rings (SSSR count). The first-order valence-corrected chi connectivity index (χ1v) is 11.9. The van der Waals surface area contributed by atoms with Crippen molar-refractivity contribution in [2.24, 2.45) is 4.99 Å². The molecular weight excluding hydrogens is 491 g/mol. The van der Waals surface area contributed by atoms with Crippen LogP contribution in [-0.4, -0.2) is 27.6 Å². The van der Waals surface area contributed by atoms with Crippen LogP contribution in [0.4, 0.5) is 5.69 Å². The highest BCUT2D eigenvalue weighted by molar-refractivity contribution is 7.20. The van der Waals surface area contributed by atoms with Crippen molar-refractivity contribution in [2.75, 3.05) is 7.11 Å². The number of benzene rings is 3. The summed E-state index contributed by atoms with van der Waals surface area (Å²) in [5.74, 6) is 0.719. The lowest BCUT2D eigenvalue weighted by molar-refractivity contribution is 0.415. The molecule has 0 saturated heterocycles. The number of aliphatic imine (C=N–C) groups is 1. The Morgan fingerprint density at radius 1 is 1.09 bits per heavy atom. The van der Waals surface area contributed by atoms with Gasteiger partial charge in [0.25, 0.3) is 5.56 Å². The van der Waals surface area contributed by atoms with Crippen LogP contribution in [0, 0.1) is 0 Å². The van der Waals surface area contributed by atoms with Crippen LogP contribution in [0.2, 0.25) is 10.0 Å². The van der Waals surface area contributed by atoms with Gasteiger partial charge in [-0.2, -0.15) is 4.68 Å². The minimum atomic E-state index is -0.254. The minimum Gasteiger partial charge on any atom is -0.497 e. The Kier molecular flexibility index (Phi) is 6.00. The quantitative estimate of drug-likeness (QED) is 0.262. The second-order valence-electron chi connectivity index (χ2n) is 7.49. The number of halogens is 2. The second kappa shape index (κ2) is 9.10. The van der Waals surface area contributed by atoms with Crippen molar-refractivity contribution in [2.45, 2.75) is 6.92 Å². The van der Waals surface area contributed by atoms with Crippen molar-refractivity contribution in [1.82, 2.24) is 14.8 Å². The predicted octanol–water partition coefficient (Wildman–Crippen LogP) is 6.90. The molecule has 0 aliphatic rings. The van der Waals surface area contributed by atoms with Crippen LogP contribution in [0.1, 0.15) is 12.5 Å². The molecular formula is C25H18Cl2N4O2S. The van der Waals surface area contributed by atoms with Crippen LogP contribution >= 0.6 is 34.5 Å². The van der Waals surface area contributed by atoms with Gasteiger partial charge in [0.1, 0.15) is 5.75 Å². The summed E-state index contributed by atoms with van der Waals surface area (Å²) in [6.07, 6.45) is 0. The number of para-hydroxylation sites is 1. The fraction of sp³-hybridized carbons (Fsp3) is 0.0800. The number of nitrogens with one attached hydrogen (secondary N) is 1. The van der Waals surface area contributed by atoms with E-state index in [0.29, 0.717) is 37.8 Å². The molecule has 0 saturated carbocycles. The highest BCUT2D eigenvalue weighted by Crippen LogP contribution is 2.31. The Morgan fingerprint density at radius 3 is 2.56 bits per heavy atom. The number of hydrogen-bond donors (Lipinski definition) is 1. The molecule has 34 heavy (non-hydrogen) atoms. The average Bonchev–Trinajstić information content (AvgIpc) is 3.41. The number of aromatic amines is 1. The molecule has 0 amide bonds. The molecule has 2 aromatic heterocycles. The van der Waals surface area contributed by atoms with Gasteiger partial charge in [-0.25, -0.2) is 4.98 Å². The van der Waals surface area contributed by atoms with E-state index in [0.717, 1.165) is 21.5 Å². The van der Waals surface area contributed by atoms with Gasteiger partial charge in [-0.15, -0.1) is 0 Å². The monoisotopic (exact) mass is 508 g/mol. The van der Waals surface area contributed by atoms with Gasteiger partial charge in [-0.1, -0.05) is 46.7 Å². The van der Waals surface area contributed by atoms with E-state index in [9.17, 15) is 4.79 Å². The number of H-pyrrole nitrogens is 1. The number of ether oxygens (including phenoxy) is 1. The van der Waals surface area contributed by atoms with Gasteiger partial charge in [0.15, 0.2) is 0 Å². The van der Waals surface area contributed by atoms with Crippen LogP contribution in [0.3, 0.4) is 0 Å². The molecule has 3 aromatic carbocycles. The number of rotatable bonds is 5. The smallest absolute Gasteiger partial charge is 0.283 e. The van der Waals surface area contributed by atoms with E-state index >= 15 is 0 Å². The van der Waals surface area contributed by atoms with E-state index in [-0.39, 0.29) is 5.56 Å². The average molecular weight is 509 g/mol. The predicted molar refractivity (Wildman–Crippen MR) is 140 cm³/mol. The molecule has 2 heterocycles. The molecule has 0 bridgehead atoms. The highest BCUT2D eigenvalue weighted by Gasteiger charge is 2.21. The molecule has 9 heteroatoms. The third-order valence-corrected chi connectivity index (χ3v) is 6.86. The molecule has 170 valence electrons. The Morgan fingerprint density at radius 2 is 1.85 bits per heavy atom. The molecule has 6 nitrogen and oxygen atoms in total. The molecule has 0 atom stereocenters. The first kappa shape index (κ1) is 22.4. The van der Waals surface area contributed by atoms with Crippen LogP contribution in [0.5, 0.6) is 5.75 Å². The lowest BCUT2D eigenvalue weighted by atomic mass is 10.0. The molecule has 0 aliphatic heterocycles. The number of hydrogen-bond acceptors (Lipinski definition) is 5. The lowest BCUT2D eigenvalue weighted by Crippen LogP contribution is -2.19. The van der Waals surface area contributed by atoms with E-state index < -0.39 is 0 Å². The standard InChI is InChI=1S/C25H18Cl2N4O2S/c1-14(28-19-12-9-16(26)13-18(19)27)22-23(15-7-10-17(33-2)11-8-15)30-31(24(22)32)25-29-20-5-3-4-6-21(20)34-25/h3-13,30H,1-2H3. The van der Waals surface area contributed by atoms with Crippen molar-refractivity contribution in [3.8, 4) is 22.1 Å². The lowest BCUT2D eigenvalue weighted by Gasteiger charge is -2.05. The molecule has 0 unspecified atom stereocenters. The van der Waals surface area contributed by atoms with Crippen LogP contribution in [0.15, 0.2) is 76.5 Å². The molecule has 0 aliphatic carbocycles. The Bertz CT molecular complexity index is 1570. The first-order chi connectivity index (χ1) is 16.4. The number of fused-ring (bicyclic) bond motifs is 1. The SMILES string of the molecule is COc1ccc(-c2[nH]n(-c3nc4ccccc4s3)c(=O)c2C(C)=Nc2ccc(Cl)cc2Cl)cc1. The van der Waals surface area contributed by atoms with E-state index in [1.165, 1.54) is 16.0 Å². The number of thiazole rings is 1. The zero-order valence-electron chi connectivity index (χ0n) is 18.2. The molecule has 1 N–H and O–H groups in total. The normalized spacial score (nSPS) is 11.8. The molecule has 0 fully saturated rings. The minimum absolute atomic E-state index is 0.254. The van der Waals surface area contributed by atoms with E-state index in [1.54, 1.807) is 32.2 Å².